The highest BCUT2D eigenvalue weighted by molar-refractivity contribution is 5.66. The van der Waals surface area contributed by atoms with Crippen molar-refractivity contribution in [3.63, 3.8) is 0 Å². The molecule has 1 aromatic rings. The summed E-state index contributed by atoms with van der Waals surface area (Å²) in [7, 11) is 0. The van der Waals surface area contributed by atoms with Gasteiger partial charge in [0.1, 0.15) is 12.4 Å². The molecule has 0 amide bonds. The van der Waals surface area contributed by atoms with E-state index >= 15 is 0 Å². The summed E-state index contributed by atoms with van der Waals surface area (Å²) in [6.45, 7) is 4.96. The number of carbonyl (C=O) groups is 2. The number of rotatable bonds is 3. The SMILES string of the molecule is CC(=O)O.CC(=O)OCC1(c2ccc(C)cc2O)CO1. The first-order chi connectivity index (χ1) is 9.27. The van der Waals surface area contributed by atoms with Crippen molar-refractivity contribution in [1.29, 1.82) is 0 Å². The van der Waals surface area contributed by atoms with Crippen molar-refractivity contribution >= 4 is 11.9 Å². The standard InChI is InChI=1S/C12H14O4.C2H4O2/c1-8-3-4-10(11(14)5-8)12(7-16-12)6-15-9(2)13;1-2(3)4/h3-5,14H,6-7H2,1-2H3;1H3,(H,3,4). The summed E-state index contributed by atoms with van der Waals surface area (Å²) in [6, 6.07) is 5.37. The van der Waals surface area contributed by atoms with Crippen molar-refractivity contribution in [2.45, 2.75) is 26.4 Å². The first-order valence-electron chi connectivity index (χ1n) is 6.04. The summed E-state index contributed by atoms with van der Waals surface area (Å²) >= 11 is 0. The Hall–Kier alpha value is -2.08. The maximum atomic E-state index is 10.7. The Balaban J connectivity index is 0.000000444. The van der Waals surface area contributed by atoms with Gasteiger partial charge in [-0.3, -0.25) is 9.59 Å². The number of phenols is 1. The molecule has 2 rings (SSSR count). The summed E-state index contributed by atoms with van der Waals surface area (Å²) in [6.07, 6.45) is 0. The van der Waals surface area contributed by atoms with Crippen LogP contribution in [0.3, 0.4) is 0 Å². The van der Waals surface area contributed by atoms with E-state index in [1.54, 1.807) is 12.1 Å². The lowest BCUT2D eigenvalue weighted by Gasteiger charge is -2.14. The Kier molecular flexibility index (Phi) is 5.10. The molecule has 0 radical (unpaired) electrons. The number of ether oxygens (including phenoxy) is 2. The molecule has 1 atom stereocenters. The fourth-order valence-corrected chi connectivity index (χ4v) is 1.65. The van der Waals surface area contributed by atoms with E-state index in [1.165, 1.54) is 6.92 Å². The Morgan fingerprint density at radius 1 is 1.40 bits per heavy atom. The Morgan fingerprint density at radius 2 is 1.95 bits per heavy atom. The number of epoxide rings is 1. The number of aryl methyl sites for hydroxylation is 1. The van der Waals surface area contributed by atoms with Crippen LogP contribution in [0, 0.1) is 6.92 Å². The minimum Gasteiger partial charge on any atom is -0.508 e. The highest BCUT2D eigenvalue weighted by Crippen LogP contribution is 2.43. The van der Waals surface area contributed by atoms with Gasteiger partial charge in [0, 0.05) is 19.4 Å². The van der Waals surface area contributed by atoms with Crippen LogP contribution in [0.4, 0.5) is 0 Å². The van der Waals surface area contributed by atoms with Crippen LogP contribution in [-0.4, -0.2) is 35.4 Å². The van der Waals surface area contributed by atoms with Gasteiger partial charge in [0.2, 0.25) is 0 Å². The van der Waals surface area contributed by atoms with Crippen LogP contribution < -0.4 is 0 Å². The number of phenolic OH excluding ortho intramolecular Hbond substituents is 1. The third kappa shape index (κ3) is 4.55. The van der Waals surface area contributed by atoms with E-state index in [9.17, 15) is 9.90 Å². The molecule has 0 bridgehead atoms. The third-order valence-electron chi connectivity index (χ3n) is 2.65. The van der Waals surface area contributed by atoms with E-state index in [4.69, 9.17) is 19.4 Å². The minimum atomic E-state index is -0.833. The van der Waals surface area contributed by atoms with Crippen LogP contribution >= 0.6 is 0 Å². The first kappa shape index (κ1) is 16.0. The number of carboxylic acid groups (broad SMARTS) is 1. The van der Waals surface area contributed by atoms with Crippen molar-refractivity contribution in [1.82, 2.24) is 0 Å². The molecule has 20 heavy (non-hydrogen) atoms. The molecule has 0 aliphatic carbocycles. The molecule has 0 saturated carbocycles. The Morgan fingerprint density at radius 3 is 2.35 bits per heavy atom. The molecular weight excluding hydrogens is 264 g/mol. The average molecular weight is 282 g/mol. The van der Waals surface area contributed by atoms with E-state index < -0.39 is 11.6 Å². The zero-order chi connectivity index (χ0) is 15.3. The van der Waals surface area contributed by atoms with E-state index in [2.05, 4.69) is 0 Å². The number of carbonyl (C=O) groups excluding carboxylic acids is 1. The lowest BCUT2D eigenvalue weighted by Crippen LogP contribution is -2.19. The van der Waals surface area contributed by atoms with Gasteiger partial charge in [0.15, 0.2) is 5.60 Å². The predicted molar refractivity (Wildman–Crippen MR) is 70.4 cm³/mol. The molecule has 1 fully saturated rings. The van der Waals surface area contributed by atoms with Gasteiger partial charge in [0.25, 0.3) is 5.97 Å². The van der Waals surface area contributed by atoms with Gasteiger partial charge in [-0.1, -0.05) is 12.1 Å². The molecule has 0 spiro atoms. The van der Waals surface area contributed by atoms with Gasteiger partial charge in [-0.25, -0.2) is 0 Å². The lowest BCUT2D eigenvalue weighted by molar-refractivity contribution is -0.143. The van der Waals surface area contributed by atoms with E-state index in [-0.39, 0.29) is 18.3 Å². The highest BCUT2D eigenvalue weighted by atomic mass is 16.6. The maximum Gasteiger partial charge on any atom is 0.302 e. The highest BCUT2D eigenvalue weighted by Gasteiger charge is 2.49. The molecule has 6 heteroatoms. The second kappa shape index (κ2) is 6.38. The summed E-state index contributed by atoms with van der Waals surface area (Å²) in [5.74, 6) is -0.994. The molecule has 1 heterocycles. The molecule has 110 valence electrons. The van der Waals surface area contributed by atoms with Crippen molar-refractivity contribution < 1.29 is 29.3 Å². The third-order valence-corrected chi connectivity index (χ3v) is 2.65. The molecule has 1 aliphatic rings. The van der Waals surface area contributed by atoms with Gasteiger partial charge >= 0.3 is 5.97 Å². The van der Waals surface area contributed by atoms with Crippen molar-refractivity contribution in [2.75, 3.05) is 13.2 Å². The fourth-order valence-electron chi connectivity index (χ4n) is 1.65. The van der Waals surface area contributed by atoms with E-state index in [0.717, 1.165) is 12.5 Å². The Labute approximate surface area is 116 Å². The number of hydrogen-bond donors (Lipinski definition) is 2. The largest absolute Gasteiger partial charge is 0.508 e. The smallest absolute Gasteiger partial charge is 0.302 e. The number of carboxylic acids is 1. The van der Waals surface area contributed by atoms with Crippen molar-refractivity contribution in [2.24, 2.45) is 0 Å². The van der Waals surface area contributed by atoms with Gasteiger partial charge in [-0.2, -0.15) is 0 Å². The normalized spacial score (nSPS) is 19.6. The summed E-state index contributed by atoms with van der Waals surface area (Å²) in [4.78, 5) is 19.7. The average Bonchev–Trinajstić information content (AvgIpc) is 3.06. The number of hydrogen-bond acceptors (Lipinski definition) is 5. The zero-order valence-corrected chi connectivity index (χ0v) is 11.7. The molecular formula is C14H18O6. The van der Waals surface area contributed by atoms with Gasteiger partial charge in [-0.15, -0.1) is 0 Å². The second-order valence-electron chi connectivity index (χ2n) is 4.60. The topological polar surface area (TPSA) is 96.4 Å². The maximum absolute atomic E-state index is 10.7. The zero-order valence-electron chi connectivity index (χ0n) is 11.7. The number of benzene rings is 1. The fraction of sp³-hybridized carbons (Fsp3) is 0.429. The van der Waals surface area contributed by atoms with Crippen molar-refractivity contribution in [3.8, 4) is 5.75 Å². The monoisotopic (exact) mass is 282 g/mol. The lowest BCUT2D eigenvalue weighted by atomic mass is 9.98. The van der Waals surface area contributed by atoms with Crippen LogP contribution in [0.2, 0.25) is 0 Å². The second-order valence-corrected chi connectivity index (χ2v) is 4.60. The van der Waals surface area contributed by atoms with E-state index in [0.29, 0.717) is 12.2 Å². The van der Waals surface area contributed by atoms with Gasteiger partial charge in [0.05, 0.1) is 6.61 Å². The minimum absolute atomic E-state index is 0.152. The van der Waals surface area contributed by atoms with Gasteiger partial charge < -0.3 is 19.7 Å². The number of aliphatic carboxylic acids is 1. The molecule has 1 aliphatic heterocycles. The molecule has 1 aromatic carbocycles. The summed E-state index contributed by atoms with van der Waals surface area (Å²) < 4.78 is 10.2. The van der Waals surface area contributed by atoms with E-state index in [1.807, 2.05) is 13.0 Å². The Bertz CT molecular complexity index is 500. The molecule has 6 nitrogen and oxygen atoms in total. The summed E-state index contributed by atoms with van der Waals surface area (Å²) in [5, 5.41) is 17.2. The van der Waals surface area contributed by atoms with Crippen LogP contribution in [0.5, 0.6) is 5.75 Å². The summed E-state index contributed by atoms with van der Waals surface area (Å²) in [5.41, 5.74) is 1.02. The van der Waals surface area contributed by atoms with Crippen LogP contribution in [0.1, 0.15) is 25.0 Å². The van der Waals surface area contributed by atoms with Gasteiger partial charge in [-0.05, 0) is 18.6 Å². The van der Waals surface area contributed by atoms with Crippen LogP contribution in [-0.2, 0) is 24.7 Å². The quantitative estimate of drug-likeness (QED) is 0.645. The van der Waals surface area contributed by atoms with Crippen LogP contribution in [0.15, 0.2) is 18.2 Å². The number of esters is 1. The molecule has 1 unspecified atom stereocenters. The number of aromatic hydroxyl groups is 1. The molecule has 0 aromatic heterocycles. The molecule has 2 N–H and O–H groups in total. The van der Waals surface area contributed by atoms with Crippen LogP contribution in [0.25, 0.3) is 0 Å². The van der Waals surface area contributed by atoms with Crippen molar-refractivity contribution in [3.05, 3.63) is 29.3 Å². The first-order valence-corrected chi connectivity index (χ1v) is 6.04. The molecule has 1 saturated heterocycles. The predicted octanol–water partition coefficient (Wildman–Crippen LogP) is 1.58.